The van der Waals surface area contributed by atoms with E-state index < -0.39 is 0 Å². The number of rotatable bonds is 9. The average Bonchev–Trinajstić information content (AvgIpc) is 2.81. The molecule has 0 aliphatic carbocycles. The monoisotopic (exact) mass is 239 g/mol. The van der Waals surface area contributed by atoms with Crippen LogP contribution in [0.25, 0.3) is 0 Å². The molecule has 16 heavy (non-hydrogen) atoms. The van der Waals surface area contributed by atoms with Crippen LogP contribution in [0.5, 0.6) is 0 Å². The maximum atomic E-state index is 5.50. The highest BCUT2D eigenvalue weighted by atomic mass is 32.1. The van der Waals surface area contributed by atoms with E-state index in [0.717, 1.165) is 32.6 Å². The van der Waals surface area contributed by atoms with Gasteiger partial charge < -0.3 is 10.1 Å². The molecule has 0 aliphatic heterocycles. The number of ether oxygens (including phenoxy) is 1. The van der Waals surface area contributed by atoms with E-state index in [-0.39, 0.29) is 0 Å². The first-order valence-corrected chi connectivity index (χ1v) is 6.68. The van der Waals surface area contributed by atoms with Gasteiger partial charge >= 0.3 is 0 Å². The lowest BCUT2D eigenvalue weighted by atomic mass is 10.3. The van der Waals surface area contributed by atoms with Crippen molar-refractivity contribution in [2.75, 3.05) is 19.8 Å². The van der Waals surface area contributed by atoms with Crippen molar-refractivity contribution in [2.24, 2.45) is 0 Å². The number of nitrogens with one attached hydrogen (secondary N) is 1. The molecule has 1 unspecified atom stereocenters. The molecule has 90 valence electrons. The third kappa shape index (κ3) is 5.45. The van der Waals surface area contributed by atoms with E-state index in [1.54, 1.807) is 11.3 Å². The van der Waals surface area contributed by atoms with Crippen molar-refractivity contribution in [1.29, 1.82) is 0 Å². The molecule has 1 aromatic rings. The van der Waals surface area contributed by atoms with Gasteiger partial charge in [0.15, 0.2) is 0 Å². The molecule has 0 saturated carbocycles. The topological polar surface area (TPSA) is 21.3 Å². The van der Waals surface area contributed by atoms with Crippen molar-refractivity contribution in [3.8, 4) is 0 Å². The third-order valence-corrected chi connectivity index (χ3v) is 3.42. The highest BCUT2D eigenvalue weighted by Crippen LogP contribution is 2.17. The Balaban J connectivity index is 1.97. The van der Waals surface area contributed by atoms with E-state index in [1.165, 1.54) is 4.88 Å². The molecule has 0 saturated heterocycles. The Morgan fingerprint density at radius 2 is 2.44 bits per heavy atom. The van der Waals surface area contributed by atoms with E-state index in [9.17, 15) is 0 Å². The van der Waals surface area contributed by atoms with Crippen LogP contribution >= 0.6 is 11.3 Å². The summed E-state index contributed by atoms with van der Waals surface area (Å²) in [5, 5.41) is 5.55. The molecule has 1 aromatic heterocycles. The minimum Gasteiger partial charge on any atom is -0.380 e. The average molecular weight is 239 g/mol. The lowest BCUT2D eigenvalue weighted by Crippen LogP contribution is -2.22. The maximum Gasteiger partial charge on any atom is 0.0591 e. The Kier molecular flexibility index (Phi) is 7.14. The van der Waals surface area contributed by atoms with Gasteiger partial charge in [-0.25, -0.2) is 0 Å². The number of hydrogen-bond acceptors (Lipinski definition) is 3. The minimum absolute atomic E-state index is 0.428. The van der Waals surface area contributed by atoms with Gasteiger partial charge in [0, 0.05) is 24.1 Å². The summed E-state index contributed by atoms with van der Waals surface area (Å²) in [6.45, 7) is 8.39. The number of hydrogen-bond donors (Lipinski definition) is 1. The van der Waals surface area contributed by atoms with Gasteiger partial charge in [-0.05, 0) is 31.2 Å². The third-order valence-electron chi connectivity index (χ3n) is 2.36. The molecule has 1 rings (SSSR count). The predicted octanol–water partition coefficient (Wildman–Crippen LogP) is 3.38. The summed E-state index contributed by atoms with van der Waals surface area (Å²) in [5.41, 5.74) is 0. The molecule has 0 aliphatic rings. The Morgan fingerprint density at radius 1 is 1.56 bits per heavy atom. The molecule has 0 radical (unpaired) electrons. The fraction of sp³-hybridized carbons (Fsp3) is 0.538. The van der Waals surface area contributed by atoms with Gasteiger partial charge in [-0.1, -0.05) is 12.1 Å². The quantitative estimate of drug-likeness (QED) is 0.527. The van der Waals surface area contributed by atoms with Crippen molar-refractivity contribution >= 4 is 11.3 Å². The minimum atomic E-state index is 0.428. The summed E-state index contributed by atoms with van der Waals surface area (Å²) < 4.78 is 5.50. The molecule has 0 spiro atoms. The first-order chi connectivity index (χ1) is 7.84. The second-order valence-corrected chi connectivity index (χ2v) is 4.71. The van der Waals surface area contributed by atoms with Gasteiger partial charge in [0.2, 0.25) is 0 Å². The summed E-state index contributed by atoms with van der Waals surface area (Å²) in [7, 11) is 0. The van der Waals surface area contributed by atoms with E-state index >= 15 is 0 Å². The molecule has 2 nitrogen and oxygen atoms in total. The Hall–Kier alpha value is -0.640. The molecule has 1 N–H and O–H groups in total. The van der Waals surface area contributed by atoms with Gasteiger partial charge in [-0.2, -0.15) is 0 Å². The number of unbranched alkanes of at least 4 members (excludes halogenated alkanes) is 1. The number of allylic oxidation sites excluding steroid dienone is 1. The Labute approximate surface area is 102 Å². The second-order valence-electron chi connectivity index (χ2n) is 3.73. The molecule has 0 fully saturated rings. The SMILES string of the molecule is C=CCCCOCCNC(C)c1cccs1. The second kappa shape index (κ2) is 8.50. The van der Waals surface area contributed by atoms with Crippen LogP contribution in [0.1, 0.15) is 30.7 Å². The molecular formula is C13H21NOS. The molecule has 1 atom stereocenters. The van der Waals surface area contributed by atoms with Crippen LogP contribution in [-0.4, -0.2) is 19.8 Å². The summed E-state index contributed by atoms with van der Waals surface area (Å²) in [6, 6.07) is 4.67. The van der Waals surface area contributed by atoms with Gasteiger partial charge in [-0.3, -0.25) is 0 Å². The van der Waals surface area contributed by atoms with E-state index in [1.807, 2.05) is 6.08 Å². The zero-order valence-electron chi connectivity index (χ0n) is 9.95. The number of thiophene rings is 1. The van der Waals surface area contributed by atoms with Gasteiger partial charge in [-0.15, -0.1) is 17.9 Å². The molecule has 3 heteroatoms. The van der Waals surface area contributed by atoms with Crippen LogP contribution in [0.4, 0.5) is 0 Å². The van der Waals surface area contributed by atoms with E-state index in [2.05, 4.69) is 36.3 Å². The first-order valence-electron chi connectivity index (χ1n) is 5.80. The molecule has 0 aromatic carbocycles. The zero-order chi connectivity index (χ0) is 11.6. The van der Waals surface area contributed by atoms with Crippen LogP contribution in [0.3, 0.4) is 0 Å². The van der Waals surface area contributed by atoms with Crippen molar-refractivity contribution < 1.29 is 4.74 Å². The van der Waals surface area contributed by atoms with Crippen LogP contribution in [0.15, 0.2) is 30.2 Å². The van der Waals surface area contributed by atoms with Crippen molar-refractivity contribution in [3.05, 3.63) is 35.0 Å². The van der Waals surface area contributed by atoms with Crippen LogP contribution in [-0.2, 0) is 4.74 Å². The predicted molar refractivity (Wildman–Crippen MR) is 71.0 cm³/mol. The fourth-order valence-electron chi connectivity index (χ4n) is 1.42. The molecule has 0 bridgehead atoms. The van der Waals surface area contributed by atoms with Crippen molar-refractivity contribution in [1.82, 2.24) is 5.32 Å². The highest BCUT2D eigenvalue weighted by Gasteiger charge is 2.03. The molecular weight excluding hydrogens is 218 g/mol. The van der Waals surface area contributed by atoms with Gasteiger partial charge in [0.1, 0.15) is 0 Å². The summed E-state index contributed by atoms with van der Waals surface area (Å²) in [6.07, 6.45) is 4.05. The van der Waals surface area contributed by atoms with Crippen LogP contribution in [0.2, 0.25) is 0 Å². The van der Waals surface area contributed by atoms with Gasteiger partial charge in [0.05, 0.1) is 6.61 Å². The summed E-state index contributed by atoms with van der Waals surface area (Å²) >= 11 is 1.79. The molecule has 0 amide bonds. The summed E-state index contributed by atoms with van der Waals surface area (Å²) in [4.78, 5) is 1.38. The normalized spacial score (nSPS) is 12.6. The zero-order valence-corrected chi connectivity index (χ0v) is 10.8. The van der Waals surface area contributed by atoms with E-state index in [0.29, 0.717) is 6.04 Å². The fourth-order valence-corrected chi connectivity index (χ4v) is 2.18. The molecule has 1 heterocycles. The van der Waals surface area contributed by atoms with Crippen LogP contribution < -0.4 is 5.32 Å². The lowest BCUT2D eigenvalue weighted by Gasteiger charge is -2.11. The van der Waals surface area contributed by atoms with Crippen LogP contribution in [0, 0.1) is 0 Å². The van der Waals surface area contributed by atoms with Gasteiger partial charge in [0.25, 0.3) is 0 Å². The Bertz CT molecular complexity index is 271. The standard InChI is InChI=1S/C13H21NOS/c1-3-4-5-9-15-10-8-14-12(2)13-7-6-11-16-13/h3,6-7,11-12,14H,1,4-5,8-10H2,2H3. The Morgan fingerprint density at radius 3 is 3.12 bits per heavy atom. The highest BCUT2D eigenvalue weighted by molar-refractivity contribution is 7.10. The lowest BCUT2D eigenvalue weighted by molar-refractivity contribution is 0.132. The maximum absolute atomic E-state index is 5.50. The van der Waals surface area contributed by atoms with E-state index in [4.69, 9.17) is 4.74 Å². The van der Waals surface area contributed by atoms with Crippen molar-refractivity contribution in [3.63, 3.8) is 0 Å². The summed E-state index contributed by atoms with van der Waals surface area (Å²) in [5.74, 6) is 0. The smallest absolute Gasteiger partial charge is 0.0591 e. The van der Waals surface area contributed by atoms with Crippen molar-refractivity contribution in [2.45, 2.75) is 25.8 Å². The largest absolute Gasteiger partial charge is 0.380 e. The first kappa shape index (κ1) is 13.4.